The Bertz CT molecular complexity index is 1040. The molecule has 140 valence electrons. The van der Waals surface area contributed by atoms with E-state index in [1.807, 2.05) is 24.7 Å². The van der Waals surface area contributed by atoms with Crippen molar-refractivity contribution >= 4 is 11.8 Å². The monoisotopic (exact) mass is 386 g/mol. The topological polar surface area (TPSA) is 43.6 Å². The van der Waals surface area contributed by atoms with Crippen LogP contribution in [-0.4, -0.2) is 19.7 Å². The van der Waals surface area contributed by atoms with Crippen LogP contribution in [0.5, 0.6) is 0 Å². The molecule has 2 aromatic carbocycles. The molecule has 0 aliphatic rings. The number of aromatic nitrogens is 4. The van der Waals surface area contributed by atoms with Gasteiger partial charge < -0.3 is 0 Å². The van der Waals surface area contributed by atoms with Crippen LogP contribution in [0.2, 0.25) is 0 Å². The van der Waals surface area contributed by atoms with Crippen LogP contribution in [0.4, 0.5) is 0 Å². The van der Waals surface area contributed by atoms with Gasteiger partial charge in [0.2, 0.25) is 5.95 Å². The molecule has 0 bridgehead atoms. The lowest BCUT2D eigenvalue weighted by Crippen LogP contribution is -2.18. The molecule has 0 fully saturated rings. The van der Waals surface area contributed by atoms with Crippen LogP contribution in [0, 0.1) is 6.92 Å². The Kier molecular flexibility index (Phi) is 5.01. The van der Waals surface area contributed by atoms with E-state index in [1.54, 1.807) is 22.6 Å². The fourth-order valence-electron chi connectivity index (χ4n) is 3.08. The van der Waals surface area contributed by atoms with E-state index in [-0.39, 0.29) is 5.41 Å². The number of nitrogens with zero attached hydrogens (tertiary/aromatic N) is 4. The zero-order valence-electron chi connectivity index (χ0n) is 16.2. The summed E-state index contributed by atoms with van der Waals surface area (Å²) in [6.45, 7) is 6.65. The van der Waals surface area contributed by atoms with Crippen LogP contribution in [0.3, 0.4) is 0 Å². The SMILES string of the molecule is Cc1ccc(C(C)(C)c2ccc(Sc3cnc(-n4cccn4)nc3)cc2)cc1. The van der Waals surface area contributed by atoms with Crippen molar-refractivity contribution in [3.63, 3.8) is 0 Å². The fraction of sp³-hybridized carbons (Fsp3) is 0.174. The average molecular weight is 387 g/mol. The van der Waals surface area contributed by atoms with Crippen LogP contribution in [0.15, 0.2) is 89.2 Å². The first-order chi connectivity index (χ1) is 13.5. The molecule has 4 nitrogen and oxygen atoms in total. The second kappa shape index (κ2) is 7.60. The van der Waals surface area contributed by atoms with E-state index in [4.69, 9.17) is 0 Å². The Labute approximate surface area is 169 Å². The number of aryl methyl sites for hydroxylation is 1. The van der Waals surface area contributed by atoms with E-state index in [2.05, 4.69) is 84.4 Å². The van der Waals surface area contributed by atoms with E-state index in [0.717, 1.165) is 4.90 Å². The van der Waals surface area contributed by atoms with Gasteiger partial charge in [-0.05, 0) is 36.2 Å². The minimum Gasteiger partial charge on any atom is -0.218 e. The first-order valence-corrected chi connectivity index (χ1v) is 10.0. The summed E-state index contributed by atoms with van der Waals surface area (Å²) in [5.74, 6) is 0.574. The maximum absolute atomic E-state index is 4.39. The minimum atomic E-state index is -0.0363. The van der Waals surface area contributed by atoms with E-state index in [9.17, 15) is 0 Å². The molecule has 4 aromatic rings. The van der Waals surface area contributed by atoms with Gasteiger partial charge in [0, 0.05) is 40.0 Å². The van der Waals surface area contributed by atoms with Crippen molar-refractivity contribution in [3.8, 4) is 5.95 Å². The third-order valence-electron chi connectivity index (χ3n) is 4.91. The van der Waals surface area contributed by atoms with Crippen molar-refractivity contribution in [1.29, 1.82) is 0 Å². The summed E-state index contributed by atoms with van der Waals surface area (Å²) in [7, 11) is 0. The standard InChI is InChI=1S/C23H22N4S/c1-17-5-7-18(8-6-17)23(2,3)19-9-11-20(12-10-19)28-21-15-24-22(25-16-21)27-14-4-13-26-27/h4-16H,1-3H3. The van der Waals surface area contributed by atoms with Gasteiger partial charge in [-0.15, -0.1) is 0 Å². The highest BCUT2D eigenvalue weighted by Crippen LogP contribution is 2.34. The highest BCUT2D eigenvalue weighted by molar-refractivity contribution is 7.99. The van der Waals surface area contributed by atoms with Gasteiger partial charge in [-0.3, -0.25) is 0 Å². The average Bonchev–Trinajstić information content (AvgIpc) is 3.24. The predicted molar refractivity (Wildman–Crippen MR) is 113 cm³/mol. The molecule has 0 unspecified atom stereocenters. The summed E-state index contributed by atoms with van der Waals surface area (Å²) >= 11 is 1.66. The smallest absolute Gasteiger partial charge is 0.218 e. The molecular formula is C23H22N4S. The lowest BCUT2D eigenvalue weighted by Gasteiger charge is -2.26. The largest absolute Gasteiger partial charge is 0.250 e. The van der Waals surface area contributed by atoms with E-state index in [1.165, 1.54) is 21.6 Å². The summed E-state index contributed by atoms with van der Waals surface area (Å²) in [5.41, 5.74) is 3.87. The molecule has 0 spiro atoms. The highest BCUT2D eigenvalue weighted by Gasteiger charge is 2.22. The molecule has 0 atom stereocenters. The van der Waals surface area contributed by atoms with Gasteiger partial charge >= 0.3 is 0 Å². The van der Waals surface area contributed by atoms with Crippen LogP contribution in [0.25, 0.3) is 5.95 Å². The van der Waals surface area contributed by atoms with Crippen molar-refractivity contribution < 1.29 is 0 Å². The molecule has 0 radical (unpaired) electrons. The molecule has 0 aliphatic heterocycles. The molecule has 0 saturated heterocycles. The molecule has 0 amide bonds. The molecule has 4 rings (SSSR count). The van der Waals surface area contributed by atoms with E-state index < -0.39 is 0 Å². The fourth-order valence-corrected chi connectivity index (χ4v) is 3.84. The van der Waals surface area contributed by atoms with Gasteiger partial charge in [-0.25, -0.2) is 14.6 Å². The van der Waals surface area contributed by atoms with Gasteiger partial charge in [0.1, 0.15) is 0 Å². The molecular weight excluding hydrogens is 364 g/mol. The van der Waals surface area contributed by atoms with Crippen molar-refractivity contribution in [1.82, 2.24) is 19.7 Å². The van der Waals surface area contributed by atoms with Crippen molar-refractivity contribution in [3.05, 3.63) is 96.1 Å². The van der Waals surface area contributed by atoms with Gasteiger partial charge in [-0.1, -0.05) is 67.6 Å². The van der Waals surface area contributed by atoms with Crippen molar-refractivity contribution in [2.75, 3.05) is 0 Å². The van der Waals surface area contributed by atoms with Crippen molar-refractivity contribution in [2.45, 2.75) is 36.0 Å². The molecule has 2 heterocycles. The van der Waals surface area contributed by atoms with Gasteiger partial charge in [0.25, 0.3) is 0 Å². The predicted octanol–water partition coefficient (Wildman–Crippen LogP) is 5.45. The van der Waals surface area contributed by atoms with Crippen LogP contribution < -0.4 is 0 Å². The number of rotatable bonds is 5. The quantitative estimate of drug-likeness (QED) is 0.458. The first-order valence-electron chi connectivity index (χ1n) is 9.20. The number of hydrogen-bond acceptors (Lipinski definition) is 4. The van der Waals surface area contributed by atoms with Gasteiger partial charge in [0.05, 0.1) is 0 Å². The third-order valence-corrected chi connectivity index (χ3v) is 5.86. The zero-order chi connectivity index (χ0) is 19.6. The van der Waals surface area contributed by atoms with Crippen molar-refractivity contribution in [2.24, 2.45) is 0 Å². The summed E-state index contributed by atoms with van der Waals surface area (Å²) in [5, 5.41) is 4.15. The molecule has 0 saturated carbocycles. The van der Waals surface area contributed by atoms with Gasteiger partial charge in [-0.2, -0.15) is 5.10 Å². The molecule has 2 aromatic heterocycles. The first kappa shape index (κ1) is 18.4. The Morgan fingerprint density at radius 2 is 1.43 bits per heavy atom. The van der Waals surface area contributed by atoms with Crippen LogP contribution >= 0.6 is 11.8 Å². The van der Waals surface area contributed by atoms with E-state index in [0.29, 0.717) is 5.95 Å². The lowest BCUT2D eigenvalue weighted by molar-refractivity contribution is 0.640. The molecule has 5 heteroatoms. The summed E-state index contributed by atoms with van der Waals surface area (Å²) in [6.07, 6.45) is 7.21. The maximum Gasteiger partial charge on any atom is 0.250 e. The lowest BCUT2D eigenvalue weighted by atomic mass is 9.78. The van der Waals surface area contributed by atoms with Crippen LogP contribution in [0.1, 0.15) is 30.5 Å². The Morgan fingerprint density at radius 3 is 2.00 bits per heavy atom. The van der Waals surface area contributed by atoms with Gasteiger partial charge in [0.15, 0.2) is 0 Å². The normalized spacial score (nSPS) is 11.5. The third kappa shape index (κ3) is 3.85. The summed E-state index contributed by atoms with van der Waals surface area (Å²) < 4.78 is 1.65. The second-order valence-corrected chi connectivity index (χ2v) is 8.43. The highest BCUT2D eigenvalue weighted by atomic mass is 32.2. The maximum atomic E-state index is 4.39. The molecule has 0 aliphatic carbocycles. The Morgan fingerprint density at radius 1 is 0.821 bits per heavy atom. The summed E-state index contributed by atoms with van der Waals surface area (Å²) in [4.78, 5) is 10.9. The summed E-state index contributed by atoms with van der Waals surface area (Å²) in [6, 6.07) is 19.4. The number of hydrogen-bond donors (Lipinski definition) is 0. The minimum absolute atomic E-state index is 0.0363. The number of benzene rings is 2. The zero-order valence-corrected chi connectivity index (χ0v) is 17.0. The van der Waals surface area contributed by atoms with E-state index >= 15 is 0 Å². The molecule has 28 heavy (non-hydrogen) atoms. The second-order valence-electron chi connectivity index (χ2n) is 7.29. The van der Waals surface area contributed by atoms with Crippen LogP contribution in [-0.2, 0) is 5.41 Å². The molecule has 0 N–H and O–H groups in total. The Balaban J connectivity index is 1.49. The Hall–Kier alpha value is -2.92.